The summed E-state index contributed by atoms with van der Waals surface area (Å²) in [6.07, 6.45) is 2.58. The predicted octanol–water partition coefficient (Wildman–Crippen LogP) is 2.85. The van der Waals surface area contributed by atoms with Crippen LogP contribution in [0.5, 0.6) is 0 Å². The zero-order chi connectivity index (χ0) is 21.4. The van der Waals surface area contributed by atoms with Crippen LogP contribution in [0.2, 0.25) is 0 Å². The van der Waals surface area contributed by atoms with Crippen LogP contribution in [0, 0.1) is 11.6 Å². The minimum absolute atomic E-state index is 0.0259. The predicted molar refractivity (Wildman–Crippen MR) is 101 cm³/mol. The molecule has 11 heteroatoms. The van der Waals surface area contributed by atoms with Gasteiger partial charge in [0.15, 0.2) is 5.65 Å². The van der Waals surface area contributed by atoms with E-state index in [1.807, 2.05) is 0 Å². The largest absolute Gasteiger partial charge is 0.459 e. The van der Waals surface area contributed by atoms with Crippen LogP contribution in [0.1, 0.15) is 20.8 Å². The average molecular weight is 424 g/mol. The Balaban J connectivity index is 1.84. The number of nitrogens with one attached hydrogen (secondary N) is 1. The van der Waals surface area contributed by atoms with Crippen molar-refractivity contribution < 1.29 is 26.7 Å². The van der Waals surface area contributed by atoms with Crippen LogP contribution in [0.3, 0.4) is 0 Å². The SMILES string of the molecule is CC(C)(C)OC(=O)Cn1ncc2cc(NS(=O)(=O)c3cc(F)ccc3F)cnc21. The van der Waals surface area contributed by atoms with Gasteiger partial charge in [-0.2, -0.15) is 5.10 Å². The molecule has 0 spiro atoms. The van der Waals surface area contributed by atoms with Crippen LogP contribution in [-0.2, 0) is 26.1 Å². The van der Waals surface area contributed by atoms with Crippen LogP contribution in [-0.4, -0.2) is 34.8 Å². The highest BCUT2D eigenvalue weighted by Crippen LogP contribution is 2.22. The maximum absolute atomic E-state index is 13.8. The van der Waals surface area contributed by atoms with Crippen LogP contribution >= 0.6 is 0 Å². The van der Waals surface area contributed by atoms with Gasteiger partial charge in [0.1, 0.15) is 28.7 Å². The fourth-order valence-corrected chi connectivity index (χ4v) is 3.66. The fourth-order valence-electron chi connectivity index (χ4n) is 2.53. The van der Waals surface area contributed by atoms with E-state index in [0.29, 0.717) is 17.1 Å². The monoisotopic (exact) mass is 424 g/mol. The molecule has 1 N–H and O–H groups in total. The van der Waals surface area contributed by atoms with E-state index < -0.39 is 38.1 Å². The van der Waals surface area contributed by atoms with Crippen molar-refractivity contribution in [2.75, 3.05) is 4.72 Å². The molecule has 154 valence electrons. The normalized spacial score (nSPS) is 12.2. The number of fused-ring (bicyclic) bond motifs is 1. The topological polar surface area (TPSA) is 103 Å². The highest BCUT2D eigenvalue weighted by Gasteiger charge is 2.21. The first-order valence-corrected chi connectivity index (χ1v) is 9.94. The number of anilines is 1. The Bertz CT molecular complexity index is 1190. The van der Waals surface area contributed by atoms with Crippen molar-refractivity contribution in [3.63, 3.8) is 0 Å². The summed E-state index contributed by atoms with van der Waals surface area (Å²) in [7, 11) is -4.37. The standard InChI is InChI=1S/C18H18F2N4O4S/c1-18(2,3)28-16(25)10-24-17-11(8-22-24)6-13(9-21-17)23-29(26,27)15-7-12(19)4-5-14(15)20/h4-9,23H,10H2,1-3H3. The summed E-state index contributed by atoms with van der Waals surface area (Å²) in [6, 6.07) is 3.55. The van der Waals surface area contributed by atoms with Gasteiger partial charge in [-0.3, -0.25) is 9.52 Å². The number of benzene rings is 1. The molecule has 0 saturated heterocycles. The molecular weight excluding hydrogens is 406 g/mol. The van der Waals surface area contributed by atoms with Gasteiger partial charge < -0.3 is 4.74 Å². The Labute approximate surface area is 165 Å². The summed E-state index contributed by atoms with van der Waals surface area (Å²) >= 11 is 0. The highest BCUT2D eigenvalue weighted by atomic mass is 32.2. The van der Waals surface area contributed by atoms with Gasteiger partial charge in [0.2, 0.25) is 0 Å². The van der Waals surface area contributed by atoms with Gasteiger partial charge in [0.25, 0.3) is 10.0 Å². The average Bonchev–Trinajstić information content (AvgIpc) is 2.97. The van der Waals surface area contributed by atoms with E-state index in [0.717, 1.165) is 12.1 Å². The molecule has 0 saturated carbocycles. The molecule has 3 rings (SSSR count). The zero-order valence-corrected chi connectivity index (χ0v) is 16.6. The third kappa shape index (κ3) is 4.86. The minimum Gasteiger partial charge on any atom is -0.459 e. The van der Waals surface area contributed by atoms with Crippen LogP contribution < -0.4 is 4.72 Å². The number of ether oxygens (including phenoxy) is 1. The van der Waals surface area contributed by atoms with Crippen molar-refractivity contribution in [3.05, 3.63) is 48.3 Å². The van der Waals surface area contributed by atoms with Gasteiger partial charge in [-0.15, -0.1) is 0 Å². The summed E-state index contributed by atoms with van der Waals surface area (Å²) in [5.41, 5.74) is -0.292. The maximum Gasteiger partial charge on any atom is 0.328 e. The van der Waals surface area contributed by atoms with E-state index in [9.17, 15) is 22.0 Å². The Morgan fingerprint density at radius 1 is 1.21 bits per heavy atom. The Kier molecular flexibility index (Phi) is 5.26. The van der Waals surface area contributed by atoms with Crippen molar-refractivity contribution in [1.29, 1.82) is 0 Å². The summed E-state index contributed by atoms with van der Waals surface area (Å²) in [6.45, 7) is 5.05. The van der Waals surface area contributed by atoms with Crippen molar-refractivity contribution in [1.82, 2.24) is 14.8 Å². The van der Waals surface area contributed by atoms with E-state index in [2.05, 4.69) is 14.8 Å². The van der Waals surface area contributed by atoms with Gasteiger partial charge in [0.05, 0.1) is 18.1 Å². The number of esters is 1. The summed E-state index contributed by atoms with van der Waals surface area (Å²) in [5, 5.41) is 4.49. The van der Waals surface area contributed by atoms with Crippen LogP contribution in [0.4, 0.5) is 14.5 Å². The molecule has 2 aromatic heterocycles. The van der Waals surface area contributed by atoms with Gasteiger partial charge in [-0.05, 0) is 45.0 Å². The minimum atomic E-state index is -4.37. The van der Waals surface area contributed by atoms with E-state index >= 15 is 0 Å². The Morgan fingerprint density at radius 2 is 1.93 bits per heavy atom. The van der Waals surface area contributed by atoms with E-state index in [-0.39, 0.29) is 12.2 Å². The number of hydrogen-bond acceptors (Lipinski definition) is 6. The zero-order valence-electron chi connectivity index (χ0n) is 15.8. The van der Waals surface area contributed by atoms with Gasteiger partial charge in [-0.25, -0.2) is 26.9 Å². The van der Waals surface area contributed by atoms with Crippen molar-refractivity contribution in [2.24, 2.45) is 0 Å². The smallest absolute Gasteiger partial charge is 0.328 e. The van der Waals surface area contributed by atoms with E-state index in [1.54, 1.807) is 20.8 Å². The van der Waals surface area contributed by atoms with Crippen molar-refractivity contribution >= 4 is 32.7 Å². The first kappa shape index (κ1) is 20.6. The molecule has 0 radical (unpaired) electrons. The molecule has 1 aromatic carbocycles. The molecule has 0 aliphatic rings. The first-order chi connectivity index (χ1) is 13.4. The summed E-state index contributed by atoms with van der Waals surface area (Å²) in [4.78, 5) is 15.3. The number of sulfonamides is 1. The molecule has 0 aliphatic carbocycles. The maximum atomic E-state index is 13.8. The summed E-state index contributed by atoms with van der Waals surface area (Å²) < 4.78 is 60.5. The lowest BCUT2D eigenvalue weighted by Crippen LogP contribution is -2.26. The number of rotatable bonds is 5. The number of pyridine rings is 1. The molecule has 0 atom stereocenters. The highest BCUT2D eigenvalue weighted by molar-refractivity contribution is 7.92. The van der Waals surface area contributed by atoms with E-state index in [1.165, 1.54) is 23.1 Å². The number of halogens is 2. The quantitative estimate of drug-likeness (QED) is 0.632. The molecule has 0 unspecified atom stereocenters. The first-order valence-electron chi connectivity index (χ1n) is 8.46. The van der Waals surface area contributed by atoms with Crippen LogP contribution in [0.15, 0.2) is 41.6 Å². The molecule has 0 bridgehead atoms. The van der Waals surface area contributed by atoms with E-state index in [4.69, 9.17) is 4.74 Å². The van der Waals surface area contributed by atoms with Crippen molar-refractivity contribution in [3.8, 4) is 0 Å². The van der Waals surface area contributed by atoms with Gasteiger partial charge >= 0.3 is 5.97 Å². The van der Waals surface area contributed by atoms with Crippen LogP contribution in [0.25, 0.3) is 11.0 Å². The Hall–Kier alpha value is -3.08. The number of hydrogen-bond donors (Lipinski definition) is 1. The van der Waals surface area contributed by atoms with Gasteiger partial charge in [0, 0.05) is 5.39 Å². The third-order valence-corrected chi connectivity index (χ3v) is 5.01. The lowest BCUT2D eigenvalue weighted by molar-refractivity contribution is -0.155. The Morgan fingerprint density at radius 3 is 2.62 bits per heavy atom. The molecule has 29 heavy (non-hydrogen) atoms. The molecule has 0 fully saturated rings. The third-order valence-electron chi connectivity index (χ3n) is 3.61. The second-order valence-corrected chi connectivity index (χ2v) is 8.86. The lowest BCUT2D eigenvalue weighted by Gasteiger charge is -2.19. The number of carbonyl (C=O) groups is 1. The molecular formula is C18H18F2N4O4S. The lowest BCUT2D eigenvalue weighted by atomic mass is 10.2. The molecule has 3 aromatic rings. The molecule has 0 aliphatic heterocycles. The van der Waals surface area contributed by atoms with Gasteiger partial charge in [-0.1, -0.05) is 0 Å². The molecule has 2 heterocycles. The number of nitrogens with zero attached hydrogens (tertiary/aromatic N) is 3. The summed E-state index contributed by atoms with van der Waals surface area (Å²) in [5.74, 6) is -2.47. The molecule has 0 amide bonds. The second-order valence-electron chi connectivity index (χ2n) is 7.21. The number of carbonyl (C=O) groups excluding carboxylic acids is 1. The fraction of sp³-hybridized carbons (Fsp3) is 0.278. The van der Waals surface area contributed by atoms with Crippen molar-refractivity contribution in [2.45, 2.75) is 37.8 Å². The second kappa shape index (κ2) is 7.39. The molecule has 8 nitrogen and oxygen atoms in total. The number of aromatic nitrogens is 3.